The molecule has 0 rings (SSSR count). The number of ether oxygens (including phenoxy) is 1. The fraction of sp³-hybridized carbons (Fsp3) is 0.833. The van der Waals surface area contributed by atoms with Gasteiger partial charge in [0, 0.05) is 11.5 Å². The van der Waals surface area contributed by atoms with Crippen LogP contribution in [0.1, 0.15) is 0 Å². The van der Waals surface area contributed by atoms with Crippen molar-refractivity contribution in [2.24, 2.45) is 0 Å². The van der Waals surface area contributed by atoms with Gasteiger partial charge in [0.05, 0.1) is 19.0 Å². The first-order valence-electron chi connectivity index (χ1n) is 3.31. The third-order valence-electron chi connectivity index (χ3n) is 0.607. The third kappa shape index (κ3) is 22.4. The SMILES string of the molecule is O=C(O)CS.SCCOCCS. The van der Waals surface area contributed by atoms with Crippen LogP contribution in [-0.2, 0) is 9.53 Å². The van der Waals surface area contributed by atoms with Crippen LogP contribution in [0.4, 0.5) is 0 Å². The molecule has 0 aliphatic carbocycles. The van der Waals surface area contributed by atoms with Crippen molar-refractivity contribution in [3.63, 3.8) is 0 Å². The van der Waals surface area contributed by atoms with Crippen LogP contribution in [0, 0.1) is 0 Å². The van der Waals surface area contributed by atoms with Gasteiger partial charge in [-0.2, -0.15) is 37.9 Å². The Morgan fingerprint density at radius 2 is 1.50 bits per heavy atom. The molecule has 0 saturated carbocycles. The Hall–Kier alpha value is 0.480. The quantitative estimate of drug-likeness (QED) is 0.418. The number of aliphatic carboxylic acids is 1. The number of thiol groups is 3. The molecule has 0 atom stereocenters. The molecule has 0 spiro atoms. The van der Waals surface area contributed by atoms with Gasteiger partial charge in [0.1, 0.15) is 0 Å². The fourth-order valence-corrected chi connectivity index (χ4v) is 0.489. The number of carboxylic acid groups (broad SMARTS) is 1. The second-order valence-corrected chi connectivity index (χ2v) is 2.82. The highest BCUT2D eigenvalue weighted by Gasteiger charge is 1.81. The monoisotopic (exact) mass is 230 g/mol. The van der Waals surface area contributed by atoms with E-state index >= 15 is 0 Å². The van der Waals surface area contributed by atoms with Crippen molar-refractivity contribution in [1.82, 2.24) is 0 Å². The first-order valence-corrected chi connectivity index (χ1v) is 5.20. The van der Waals surface area contributed by atoms with Crippen molar-refractivity contribution in [2.75, 3.05) is 30.5 Å². The predicted octanol–water partition coefficient (Wildman–Crippen LogP) is 0.863. The van der Waals surface area contributed by atoms with Crippen LogP contribution < -0.4 is 0 Å². The summed E-state index contributed by atoms with van der Waals surface area (Å²) in [5.41, 5.74) is 0. The number of carbonyl (C=O) groups is 1. The smallest absolute Gasteiger partial charge is 0.313 e. The summed E-state index contributed by atoms with van der Waals surface area (Å²) in [6, 6.07) is 0. The normalized spacial score (nSPS) is 8.58. The topological polar surface area (TPSA) is 46.5 Å². The number of hydrogen-bond donors (Lipinski definition) is 4. The van der Waals surface area contributed by atoms with Gasteiger partial charge in [-0.25, -0.2) is 0 Å². The van der Waals surface area contributed by atoms with E-state index in [1.165, 1.54) is 0 Å². The van der Waals surface area contributed by atoms with E-state index in [2.05, 4.69) is 37.9 Å². The maximum Gasteiger partial charge on any atom is 0.313 e. The first kappa shape index (κ1) is 15.0. The Morgan fingerprint density at radius 3 is 1.67 bits per heavy atom. The van der Waals surface area contributed by atoms with Gasteiger partial charge in [0.15, 0.2) is 0 Å². The second kappa shape index (κ2) is 14.0. The molecule has 0 aliphatic heterocycles. The number of hydrogen-bond acceptors (Lipinski definition) is 5. The van der Waals surface area contributed by atoms with Crippen LogP contribution in [0.3, 0.4) is 0 Å². The van der Waals surface area contributed by atoms with Gasteiger partial charge in [0.25, 0.3) is 0 Å². The molecule has 12 heavy (non-hydrogen) atoms. The Kier molecular flexibility index (Phi) is 17.5. The summed E-state index contributed by atoms with van der Waals surface area (Å²) in [5.74, 6) is 0.634. The molecular formula is C6H14O3S3. The Bertz CT molecular complexity index is 96.0. The highest BCUT2D eigenvalue weighted by Crippen LogP contribution is 1.79. The minimum absolute atomic E-state index is 0.0833. The van der Waals surface area contributed by atoms with E-state index in [9.17, 15) is 4.79 Å². The van der Waals surface area contributed by atoms with Crippen molar-refractivity contribution < 1.29 is 14.6 Å². The molecule has 0 heterocycles. The van der Waals surface area contributed by atoms with Crippen LogP contribution in [0.15, 0.2) is 0 Å². The largest absolute Gasteiger partial charge is 0.481 e. The maximum atomic E-state index is 9.29. The zero-order chi connectivity index (χ0) is 9.82. The highest BCUT2D eigenvalue weighted by atomic mass is 32.1. The van der Waals surface area contributed by atoms with Crippen LogP contribution in [0.2, 0.25) is 0 Å². The lowest BCUT2D eigenvalue weighted by atomic mass is 10.8. The molecule has 0 bridgehead atoms. The molecule has 0 aromatic heterocycles. The van der Waals surface area contributed by atoms with E-state index in [0.717, 1.165) is 24.7 Å². The molecule has 6 heteroatoms. The van der Waals surface area contributed by atoms with E-state index < -0.39 is 5.97 Å². The molecule has 1 N–H and O–H groups in total. The van der Waals surface area contributed by atoms with E-state index in [0.29, 0.717) is 0 Å². The van der Waals surface area contributed by atoms with Crippen LogP contribution in [0.25, 0.3) is 0 Å². The molecule has 0 aliphatic rings. The molecule has 74 valence electrons. The molecule has 0 radical (unpaired) electrons. The Morgan fingerprint density at radius 1 is 1.17 bits per heavy atom. The zero-order valence-corrected chi connectivity index (χ0v) is 9.32. The van der Waals surface area contributed by atoms with Crippen molar-refractivity contribution in [3.8, 4) is 0 Å². The zero-order valence-electron chi connectivity index (χ0n) is 6.64. The molecule has 0 saturated heterocycles. The second-order valence-electron chi connectivity index (χ2n) is 1.61. The minimum Gasteiger partial charge on any atom is -0.481 e. The third-order valence-corrected chi connectivity index (χ3v) is 1.24. The van der Waals surface area contributed by atoms with Gasteiger partial charge >= 0.3 is 5.97 Å². The number of carboxylic acids is 1. The summed E-state index contributed by atoms with van der Waals surface area (Å²) in [5, 5.41) is 7.65. The van der Waals surface area contributed by atoms with Crippen molar-refractivity contribution in [2.45, 2.75) is 0 Å². The van der Waals surface area contributed by atoms with E-state index in [-0.39, 0.29) is 5.75 Å². The molecule has 0 fully saturated rings. The van der Waals surface area contributed by atoms with Crippen LogP contribution in [-0.4, -0.2) is 41.5 Å². The van der Waals surface area contributed by atoms with Crippen molar-refractivity contribution >= 4 is 43.9 Å². The molecule has 0 aromatic rings. The standard InChI is InChI=1S/C4H10OS2.C2H4O2S/c6-3-1-5-2-4-7;3-2(4)1-5/h6-7H,1-4H2;5H,1H2,(H,3,4). The van der Waals surface area contributed by atoms with Gasteiger partial charge in [-0.05, 0) is 0 Å². The lowest BCUT2D eigenvalue weighted by molar-refractivity contribution is -0.133. The fourth-order valence-electron chi connectivity index (χ4n) is 0.231. The lowest BCUT2D eigenvalue weighted by Crippen LogP contribution is -1.97. The first-order chi connectivity index (χ1) is 5.68. The summed E-state index contributed by atoms with van der Waals surface area (Å²) in [4.78, 5) is 9.29. The summed E-state index contributed by atoms with van der Waals surface area (Å²) < 4.78 is 4.98. The van der Waals surface area contributed by atoms with Gasteiger partial charge in [-0.15, -0.1) is 0 Å². The molecule has 3 nitrogen and oxygen atoms in total. The highest BCUT2D eigenvalue weighted by molar-refractivity contribution is 7.81. The van der Waals surface area contributed by atoms with E-state index in [1.807, 2.05) is 0 Å². The van der Waals surface area contributed by atoms with Crippen LogP contribution in [0.5, 0.6) is 0 Å². The van der Waals surface area contributed by atoms with Gasteiger partial charge in [-0.1, -0.05) is 0 Å². The van der Waals surface area contributed by atoms with Crippen molar-refractivity contribution in [1.29, 1.82) is 0 Å². The van der Waals surface area contributed by atoms with Crippen LogP contribution >= 0.6 is 37.9 Å². The Labute approximate surface area is 89.1 Å². The molecule has 0 amide bonds. The minimum atomic E-state index is -0.881. The average Bonchev–Trinajstić information content (AvgIpc) is 2.07. The average molecular weight is 230 g/mol. The van der Waals surface area contributed by atoms with E-state index in [1.54, 1.807) is 0 Å². The molecular weight excluding hydrogens is 216 g/mol. The van der Waals surface area contributed by atoms with Crippen molar-refractivity contribution in [3.05, 3.63) is 0 Å². The van der Waals surface area contributed by atoms with E-state index in [4.69, 9.17) is 9.84 Å². The van der Waals surface area contributed by atoms with Gasteiger partial charge in [-0.3, -0.25) is 4.79 Å². The summed E-state index contributed by atoms with van der Waals surface area (Å²) in [6.45, 7) is 1.48. The lowest BCUT2D eigenvalue weighted by Gasteiger charge is -1.94. The predicted molar refractivity (Wildman–Crippen MR) is 60.0 cm³/mol. The Balaban J connectivity index is 0. The molecule has 0 unspecified atom stereocenters. The maximum absolute atomic E-state index is 9.29. The van der Waals surface area contributed by atoms with Gasteiger partial charge < -0.3 is 9.84 Å². The summed E-state index contributed by atoms with van der Waals surface area (Å²) >= 11 is 11.3. The molecule has 0 aromatic carbocycles. The van der Waals surface area contributed by atoms with Gasteiger partial charge in [0.2, 0.25) is 0 Å². The summed E-state index contributed by atoms with van der Waals surface area (Å²) in [7, 11) is 0. The summed E-state index contributed by atoms with van der Waals surface area (Å²) in [6.07, 6.45) is 0. The number of rotatable bonds is 5.